The Morgan fingerprint density at radius 1 is 0.958 bits per heavy atom. The predicted molar refractivity (Wildman–Crippen MR) is 98.8 cm³/mol. The lowest BCUT2D eigenvalue weighted by Gasteiger charge is -2.29. The minimum absolute atomic E-state index is 0.243. The first-order chi connectivity index (χ1) is 11.8. The van der Waals surface area contributed by atoms with Crippen LogP contribution in [0.15, 0.2) is 71.6 Å². The Morgan fingerprint density at radius 2 is 1.75 bits per heavy atom. The number of allylic oxidation sites excluding steroid dienone is 1. The zero-order chi connectivity index (χ0) is 16.5. The van der Waals surface area contributed by atoms with Gasteiger partial charge in [0.1, 0.15) is 17.3 Å². The highest BCUT2D eigenvalue weighted by atomic mass is 32.1. The maximum absolute atomic E-state index is 6.28. The van der Waals surface area contributed by atoms with Gasteiger partial charge in [-0.05, 0) is 54.3 Å². The van der Waals surface area contributed by atoms with Crippen LogP contribution in [0.5, 0.6) is 11.5 Å². The molecule has 1 atom stereocenters. The Balaban J connectivity index is 1.86. The molecule has 2 nitrogen and oxygen atoms in total. The van der Waals surface area contributed by atoms with Gasteiger partial charge in [-0.25, -0.2) is 0 Å². The van der Waals surface area contributed by atoms with Crippen molar-refractivity contribution >= 4 is 17.1 Å². The van der Waals surface area contributed by atoms with E-state index in [-0.39, 0.29) is 5.92 Å². The van der Waals surface area contributed by atoms with Crippen molar-refractivity contribution in [3.63, 3.8) is 0 Å². The van der Waals surface area contributed by atoms with Crippen LogP contribution in [0, 0.1) is 0 Å². The molecule has 4 rings (SSSR count). The Kier molecular flexibility index (Phi) is 3.87. The van der Waals surface area contributed by atoms with Crippen molar-refractivity contribution in [2.24, 2.45) is 0 Å². The first-order valence-electron chi connectivity index (χ1n) is 7.93. The van der Waals surface area contributed by atoms with E-state index in [2.05, 4.69) is 48.7 Å². The summed E-state index contributed by atoms with van der Waals surface area (Å²) in [5.74, 6) is 2.97. The summed E-state index contributed by atoms with van der Waals surface area (Å²) < 4.78 is 11.5. The monoisotopic (exact) mass is 334 g/mol. The summed E-state index contributed by atoms with van der Waals surface area (Å²) in [6.07, 6.45) is 0. The molecule has 1 aliphatic rings. The van der Waals surface area contributed by atoms with Crippen LogP contribution >= 0.6 is 11.3 Å². The van der Waals surface area contributed by atoms with Crippen LogP contribution in [0.25, 0.3) is 5.76 Å². The number of thiophene rings is 1. The van der Waals surface area contributed by atoms with E-state index in [4.69, 9.17) is 9.47 Å². The number of benzene rings is 2. The van der Waals surface area contributed by atoms with Crippen molar-refractivity contribution in [1.82, 2.24) is 0 Å². The second-order valence-electron chi connectivity index (χ2n) is 5.83. The maximum atomic E-state index is 6.28. The molecule has 0 spiro atoms. The van der Waals surface area contributed by atoms with Gasteiger partial charge >= 0.3 is 0 Å². The lowest BCUT2D eigenvalue weighted by molar-refractivity contribution is 0.414. The summed E-state index contributed by atoms with van der Waals surface area (Å²) in [4.78, 5) is 1.34. The normalized spacial score (nSPS) is 16.5. The smallest absolute Gasteiger partial charge is 0.134 e. The summed E-state index contributed by atoms with van der Waals surface area (Å²) in [6.45, 7) is 2.17. The highest BCUT2D eigenvalue weighted by molar-refractivity contribution is 7.10. The standard InChI is InChI=1S/C21H18O2S/c1-14-20(19-8-5-13-24-19)17-6-3-4-7-18(17)23-21(14)15-9-11-16(22-2)12-10-15/h3-13,20H,1-2H3. The molecule has 24 heavy (non-hydrogen) atoms. The number of methoxy groups -OCH3 is 1. The third-order valence-electron chi connectivity index (χ3n) is 4.41. The van der Waals surface area contributed by atoms with Gasteiger partial charge < -0.3 is 9.47 Å². The number of hydrogen-bond acceptors (Lipinski definition) is 3. The van der Waals surface area contributed by atoms with Gasteiger partial charge in [0.25, 0.3) is 0 Å². The van der Waals surface area contributed by atoms with Crippen molar-refractivity contribution < 1.29 is 9.47 Å². The van der Waals surface area contributed by atoms with E-state index in [0.29, 0.717) is 0 Å². The quantitative estimate of drug-likeness (QED) is 0.610. The molecule has 0 aliphatic carbocycles. The Hall–Kier alpha value is -2.52. The van der Waals surface area contributed by atoms with E-state index in [1.54, 1.807) is 18.4 Å². The van der Waals surface area contributed by atoms with Crippen LogP contribution < -0.4 is 9.47 Å². The number of rotatable bonds is 3. The number of ether oxygens (including phenoxy) is 2. The van der Waals surface area contributed by atoms with Crippen LogP contribution in [-0.4, -0.2) is 7.11 Å². The summed E-state index contributed by atoms with van der Waals surface area (Å²) >= 11 is 1.79. The molecular formula is C21H18O2S. The molecule has 0 saturated heterocycles. The fraction of sp³-hybridized carbons (Fsp3) is 0.143. The van der Waals surface area contributed by atoms with E-state index in [1.807, 2.05) is 24.3 Å². The third kappa shape index (κ3) is 2.51. The summed E-state index contributed by atoms with van der Waals surface area (Å²) in [5, 5.41) is 2.13. The first-order valence-corrected chi connectivity index (χ1v) is 8.81. The van der Waals surface area contributed by atoms with Crippen LogP contribution in [0.2, 0.25) is 0 Å². The van der Waals surface area contributed by atoms with Crippen molar-refractivity contribution in [3.8, 4) is 11.5 Å². The highest BCUT2D eigenvalue weighted by Gasteiger charge is 2.29. The number of para-hydroxylation sites is 1. The molecule has 2 heterocycles. The van der Waals surface area contributed by atoms with E-state index in [1.165, 1.54) is 16.0 Å². The van der Waals surface area contributed by atoms with Crippen molar-refractivity contribution in [2.45, 2.75) is 12.8 Å². The molecule has 0 bridgehead atoms. The van der Waals surface area contributed by atoms with Gasteiger partial charge in [0, 0.05) is 21.9 Å². The van der Waals surface area contributed by atoms with Crippen LogP contribution in [0.3, 0.4) is 0 Å². The molecule has 3 aromatic rings. The van der Waals surface area contributed by atoms with Gasteiger partial charge in [-0.15, -0.1) is 11.3 Å². The van der Waals surface area contributed by atoms with Crippen molar-refractivity contribution in [2.75, 3.05) is 7.11 Å². The summed E-state index contributed by atoms with van der Waals surface area (Å²) in [6, 6.07) is 20.7. The average Bonchev–Trinajstić information content (AvgIpc) is 3.15. The van der Waals surface area contributed by atoms with Crippen LogP contribution in [-0.2, 0) is 0 Å². The zero-order valence-corrected chi connectivity index (χ0v) is 14.5. The summed E-state index contributed by atoms with van der Waals surface area (Å²) in [7, 11) is 1.68. The molecule has 1 aromatic heterocycles. The molecule has 0 amide bonds. The van der Waals surface area contributed by atoms with Gasteiger partial charge in [-0.1, -0.05) is 24.3 Å². The van der Waals surface area contributed by atoms with Crippen molar-refractivity contribution in [3.05, 3.63) is 87.6 Å². The maximum Gasteiger partial charge on any atom is 0.134 e. The minimum atomic E-state index is 0.243. The first kappa shape index (κ1) is 15.0. The van der Waals surface area contributed by atoms with Gasteiger partial charge in [0.15, 0.2) is 0 Å². The van der Waals surface area contributed by atoms with E-state index >= 15 is 0 Å². The van der Waals surface area contributed by atoms with Gasteiger partial charge in [0.2, 0.25) is 0 Å². The SMILES string of the molecule is COc1ccc(C2=C(C)C(c3cccs3)c3ccccc3O2)cc1. The van der Waals surface area contributed by atoms with Crippen LogP contribution in [0.4, 0.5) is 0 Å². The fourth-order valence-corrected chi connectivity index (χ4v) is 4.13. The Morgan fingerprint density at radius 3 is 2.46 bits per heavy atom. The largest absolute Gasteiger partial charge is 0.497 e. The van der Waals surface area contributed by atoms with E-state index < -0.39 is 0 Å². The highest BCUT2D eigenvalue weighted by Crippen LogP contribution is 2.46. The average molecular weight is 334 g/mol. The number of hydrogen-bond donors (Lipinski definition) is 0. The third-order valence-corrected chi connectivity index (χ3v) is 5.35. The van der Waals surface area contributed by atoms with Gasteiger partial charge in [-0.2, -0.15) is 0 Å². The van der Waals surface area contributed by atoms with E-state index in [9.17, 15) is 0 Å². The molecular weight excluding hydrogens is 316 g/mol. The Bertz CT molecular complexity index is 876. The minimum Gasteiger partial charge on any atom is -0.497 e. The van der Waals surface area contributed by atoms with Crippen molar-refractivity contribution in [1.29, 1.82) is 0 Å². The predicted octanol–water partition coefficient (Wildman–Crippen LogP) is 5.71. The molecule has 0 radical (unpaired) electrons. The van der Waals surface area contributed by atoms with Crippen LogP contribution in [0.1, 0.15) is 28.8 Å². The second kappa shape index (κ2) is 6.17. The molecule has 0 saturated carbocycles. The molecule has 3 heteroatoms. The zero-order valence-electron chi connectivity index (χ0n) is 13.7. The molecule has 0 fully saturated rings. The number of fused-ring (bicyclic) bond motifs is 1. The Labute approximate surface area is 146 Å². The second-order valence-corrected chi connectivity index (χ2v) is 6.81. The molecule has 1 aliphatic heterocycles. The van der Waals surface area contributed by atoms with Gasteiger partial charge in [0.05, 0.1) is 7.11 Å². The molecule has 1 unspecified atom stereocenters. The topological polar surface area (TPSA) is 18.5 Å². The lowest BCUT2D eigenvalue weighted by Crippen LogP contribution is -2.14. The molecule has 2 aromatic carbocycles. The molecule has 0 N–H and O–H groups in total. The fourth-order valence-electron chi connectivity index (χ4n) is 3.22. The molecule has 120 valence electrons. The lowest BCUT2D eigenvalue weighted by atomic mass is 9.86. The van der Waals surface area contributed by atoms with Gasteiger partial charge in [-0.3, -0.25) is 0 Å². The summed E-state index contributed by atoms with van der Waals surface area (Å²) in [5.41, 5.74) is 3.54. The van der Waals surface area contributed by atoms with E-state index in [0.717, 1.165) is 22.8 Å².